The number of carbonyl (C=O) groups is 1. The van der Waals surface area contributed by atoms with Crippen LogP contribution in [0.5, 0.6) is 5.75 Å². The Morgan fingerprint density at radius 1 is 1.08 bits per heavy atom. The zero-order chi connectivity index (χ0) is 18.2. The third kappa shape index (κ3) is 5.23. The van der Waals surface area contributed by atoms with Gasteiger partial charge in [0.15, 0.2) is 0 Å². The first-order chi connectivity index (χ1) is 12.8. The predicted octanol–water partition coefficient (Wildman–Crippen LogP) is 4.35. The Labute approximate surface area is 158 Å². The first kappa shape index (κ1) is 19.2. The molecule has 4 nitrogen and oxygen atoms in total. The highest BCUT2D eigenvalue weighted by molar-refractivity contribution is 5.94. The SMILES string of the molecule is CCCCOc1ccc(C(=O)N2CCCC[C@@H]2CCN2CCCC2)cc1. The molecule has 0 aliphatic carbocycles. The Kier molecular flexibility index (Phi) is 7.36. The van der Waals surface area contributed by atoms with Crippen molar-refractivity contribution in [1.29, 1.82) is 0 Å². The van der Waals surface area contributed by atoms with E-state index in [-0.39, 0.29) is 5.91 Å². The fourth-order valence-corrected chi connectivity index (χ4v) is 4.10. The van der Waals surface area contributed by atoms with Gasteiger partial charge in [-0.1, -0.05) is 13.3 Å². The van der Waals surface area contributed by atoms with Crippen molar-refractivity contribution in [3.05, 3.63) is 29.8 Å². The highest BCUT2D eigenvalue weighted by Gasteiger charge is 2.28. The molecule has 0 N–H and O–H groups in total. The summed E-state index contributed by atoms with van der Waals surface area (Å²) in [6.07, 6.45) is 9.50. The van der Waals surface area contributed by atoms with Gasteiger partial charge in [0, 0.05) is 24.7 Å². The van der Waals surface area contributed by atoms with E-state index in [1.807, 2.05) is 24.3 Å². The van der Waals surface area contributed by atoms with Crippen LogP contribution in [0.4, 0.5) is 0 Å². The van der Waals surface area contributed by atoms with Crippen molar-refractivity contribution in [3.63, 3.8) is 0 Å². The summed E-state index contributed by atoms with van der Waals surface area (Å²) in [6.45, 7) is 7.41. The number of likely N-dealkylation sites (tertiary alicyclic amines) is 2. The number of unbranched alkanes of at least 4 members (excludes halogenated alkanes) is 1. The zero-order valence-corrected chi connectivity index (χ0v) is 16.3. The van der Waals surface area contributed by atoms with Gasteiger partial charge in [0.25, 0.3) is 5.91 Å². The van der Waals surface area contributed by atoms with Crippen molar-refractivity contribution in [2.24, 2.45) is 0 Å². The van der Waals surface area contributed by atoms with Gasteiger partial charge < -0.3 is 14.5 Å². The third-order valence-electron chi connectivity index (χ3n) is 5.73. The zero-order valence-electron chi connectivity index (χ0n) is 16.3. The standard InChI is InChI=1S/C22H34N2O2/c1-2-3-18-26-21-11-9-19(10-12-21)22(25)24-16-5-4-8-20(24)13-17-23-14-6-7-15-23/h9-12,20H,2-8,13-18H2,1H3/t20-/m1/s1. The lowest BCUT2D eigenvalue weighted by atomic mass is 9.98. The van der Waals surface area contributed by atoms with E-state index in [0.29, 0.717) is 6.04 Å². The third-order valence-corrected chi connectivity index (χ3v) is 5.73. The van der Waals surface area contributed by atoms with E-state index in [0.717, 1.165) is 63.1 Å². The van der Waals surface area contributed by atoms with Gasteiger partial charge in [-0.15, -0.1) is 0 Å². The van der Waals surface area contributed by atoms with Crippen LogP contribution >= 0.6 is 0 Å². The van der Waals surface area contributed by atoms with Gasteiger partial charge in [-0.25, -0.2) is 0 Å². The van der Waals surface area contributed by atoms with Crippen molar-refractivity contribution in [2.45, 2.75) is 64.3 Å². The fraction of sp³-hybridized carbons (Fsp3) is 0.682. The Bertz CT molecular complexity index is 552. The second-order valence-electron chi connectivity index (χ2n) is 7.71. The lowest BCUT2D eigenvalue weighted by Crippen LogP contribution is -2.45. The minimum Gasteiger partial charge on any atom is -0.494 e. The summed E-state index contributed by atoms with van der Waals surface area (Å²) >= 11 is 0. The van der Waals surface area contributed by atoms with Gasteiger partial charge in [-0.2, -0.15) is 0 Å². The summed E-state index contributed by atoms with van der Waals surface area (Å²) in [4.78, 5) is 17.7. The molecule has 144 valence electrons. The number of amides is 1. The normalized spacial score (nSPS) is 21.1. The Hall–Kier alpha value is -1.55. The lowest BCUT2D eigenvalue weighted by Gasteiger charge is -2.36. The van der Waals surface area contributed by atoms with E-state index in [1.165, 1.54) is 32.4 Å². The van der Waals surface area contributed by atoms with E-state index in [9.17, 15) is 4.79 Å². The summed E-state index contributed by atoms with van der Waals surface area (Å²) in [5, 5.41) is 0. The highest BCUT2D eigenvalue weighted by Crippen LogP contribution is 2.24. The van der Waals surface area contributed by atoms with Crippen molar-refractivity contribution in [3.8, 4) is 5.75 Å². The van der Waals surface area contributed by atoms with Crippen LogP contribution in [0, 0.1) is 0 Å². The number of benzene rings is 1. The van der Waals surface area contributed by atoms with E-state index in [2.05, 4.69) is 16.7 Å². The maximum atomic E-state index is 13.0. The molecule has 2 heterocycles. The molecule has 0 saturated carbocycles. The largest absolute Gasteiger partial charge is 0.494 e. The van der Waals surface area contributed by atoms with E-state index in [1.54, 1.807) is 0 Å². The topological polar surface area (TPSA) is 32.8 Å². The van der Waals surface area contributed by atoms with Gasteiger partial charge in [0.1, 0.15) is 5.75 Å². The monoisotopic (exact) mass is 358 g/mol. The van der Waals surface area contributed by atoms with Crippen LogP contribution in [0.15, 0.2) is 24.3 Å². The molecule has 1 atom stereocenters. The number of hydrogen-bond acceptors (Lipinski definition) is 3. The van der Waals surface area contributed by atoms with Crippen LogP contribution < -0.4 is 4.74 Å². The molecular formula is C22H34N2O2. The summed E-state index contributed by atoms with van der Waals surface area (Å²) < 4.78 is 5.71. The quantitative estimate of drug-likeness (QED) is 0.648. The van der Waals surface area contributed by atoms with Crippen molar-refractivity contribution in [2.75, 3.05) is 32.8 Å². The minimum absolute atomic E-state index is 0.191. The molecule has 0 radical (unpaired) electrons. The van der Waals surface area contributed by atoms with E-state index >= 15 is 0 Å². The van der Waals surface area contributed by atoms with Gasteiger partial charge in [-0.3, -0.25) is 4.79 Å². The molecule has 1 aromatic carbocycles. The first-order valence-corrected chi connectivity index (χ1v) is 10.5. The Balaban J connectivity index is 1.56. The molecule has 2 fully saturated rings. The molecule has 0 aromatic heterocycles. The second-order valence-corrected chi connectivity index (χ2v) is 7.71. The number of carbonyl (C=O) groups excluding carboxylic acids is 1. The summed E-state index contributed by atoms with van der Waals surface area (Å²) in [5.74, 6) is 1.05. The summed E-state index contributed by atoms with van der Waals surface area (Å²) in [5.41, 5.74) is 0.793. The maximum absolute atomic E-state index is 13.0. The molecule has 4 heteroatoms. The second kappa shape index (κ2) is 9.96. The van der Waals surface area contributed by atoms with Gasteiger partial charge in [-0.05, 0) is 82.3 Å². The average Bonchev–Trinajstić information content (AvgIpc) is 3.20. The fourth-order valence-electron chi connectivity index (χ4n) is 4.10. The van der Waals surface area contributed by atoms with E-state index < -0.39 is 0 Å². The maximum Gasteiger partial charge on any atom is 0.254 e. The number of rotatable bonds is 8. The predicted molar refractivity (Wildman–Crippen MR) is 106 cm³/mol. The molecule has 2 saturated heterocycles. The smallest absolute Gasteiger partial charge is 0.254 e. The molecule has 1 aromatic rings. The van der Waals surface area contributed by atoms with Crippen LogP contribution in [0.2, 0.25) is 0 Å². The van der Waals surface area contributed by atoms with Gasteiger partial charge in [0.2, 0.25) is 0 Å². The van der Waals surface area contributed by atoms with Crippen molar-refractivity contribution in [1.82, 2.24) is 9.80 Å². The van der Waals surface area contributed by atoms with Gasteiger partial charge in [0.05, 0.1) is 6.61 Å². The molecule has 3 rings (SSSR count). The Morgan fingerprint density at radius 3 is 2.54 bits per heavy atom. The number of ether oxygens (including phenoxy) is 1. The summed E-state index contributed by atoms with van der Waals surface area (Å²) in [7, 11) is 0. The molecule has 26 heavy (non-hydrogen) atoms. The van der Waals surface area contributed by atoms with Crippen molar-refractivity contribution < 1.29 is 9.53 Å². The summed E-state index contributed by atoms with van der Waals surface area (Å²) in [6, 6.07) is 8.13. The average molecular weight is 359 g/mol. The molecule has 2 aliphatic rings. The van der Waals surface area contributed by atoms with Crippen molar-refractivity contribution >= 4 is 5.91 Å². The molecule has 0 spiro atoms. The van der Waals surface area contributed by atoms with Crippen LogP contribution in [-0.4, -0.2) is 54.5 Å². The minimum atomic E-state index is 0.191. The Morgan fingerprint density at radius 2 is 1.81 bits per heavy atom. The van der Waals surface area contributed by atoms with Crippen LogP contribution in [0.3, 0.4) is 0 Å². The molecular weight excluding hydrogens is 324 g/mol. The van der Waals surface area contributed by atoms with Crippen LogP contribution in [0.1, 0.15) is 68.6 Å². The lowest BCUT2D eigenvalue weighted by molar-refractivity contribution is 0.0588. The van der Waals surface area contributed by atoms with Crippen LogP contribution in [0.25, 0.3) is 0 Å². The van der Waals surface area contributed by atoms with Gasteiger partial charge >= 0.3 is 0 Å². The molecule has 2 aliphatic heterocycles. The molecule has 1 amide bonds. The van der Waals surface area contributed by atoms with E-state index in [4.69, 9.17) is 4.74 Å². The first-order valence-electron chi connectivity index (χ1n) is 10.5. The highest BCUT2D eigenvalue weighted by atomic mass is 16.5. The number of nitrogens with zero attached hydrogens (tertiary/aromatic N) is 2. The van der Waals surface area contributed by atoms with Crippen LogP contribution in [-0.2, 0) is 0 Å². The molecule has 0 unspecified atom stereocenters. The molecule has 0 bridgehead atoms. The number of piperidine rings is 1. The number of hydrogen-bond donors (Lipinski definition) is 0.